The zero-order chi connectivity index (χ0) is 18.4. The number of rotatable bonds is 5. The highest BCUT2D eigenvalue weighted by atomic mass is 32.1. The van der Waals surface area contributed by atoms with E-state index >= 15 is 0 Å². The Bertz CT molecular complexity index is 717. The molecule has 2 aromatic rings. The summed E-state index contributed by atoms with van der Waals surface area (Å²) in [6.45, 7) is 4.42. The van der Waals surface area contributed by atoms with Crippen molar-refractivity contribution in [1.29, 1.82) is 0 Å². The molecular formula is C18H19F3N2OS. The Labute approximate surface area is 150 Å². The van der Waals surface area contributed by atoms with Gasteiger partial charge >= 0.3 is 6.18 Å². The number of ether oxygens (including phenoxy) is 1. The first-order chi connectivity index (χ1) is 11.8. The average Bonchev–Trinajstić information content (AvgIpc) is 2.55. The quantitative estimate of drug-likeness (QED) is 0.715. The van der Waals surface area contributed by atoms with Gasteiger partial charge < -0.3 is 15.4 Å². The molecule has 3 nitrogen and oxygen atoms in total. The van der Waals surface area contributed by atoms with Crippen LogP contribution in [0.1, 0.15) is 31.0 Å². The minimum Gasteiger partial charge on any atom is -0.494 e. The topological polar surface area (TPSA) is 33.3 Å². The summed E-state index contributed by atoms with van der Waals surface area (Å²) in [5.74, 6) is 0.781. The molecule has 0 spiro atoms. The maximum absolute atomic E-state index is 12.7. The van der Waals surface area contributed by atoms with Crippen LogP contribution in [0.4, 0.5) is 18.9 Å². The van der Waals surface area contributed by atoms with E-state index in [2.05, 4.69) is 10.6 Å². The number of benzene rings is 2. The van der Waals surface area contributed by atoms with E-state index in [1.165, 1.54) is 12.1 Å². The lowest BCUT2D eigenvalue weighted by molar-refractivity contribution is -0.137. The molecule has 0 radical (unpaired) electrons. The number of hydrogen-bond donors (Lipinski definition) is 2. The number of thiocarbonyl (C=S) groups is 1. The van der Waals surface area contributed by atoms with Gasteiger partial charge in [-0.25, -0.2) is 0 Å². The first kappa shape index (κ1) is 19.1. The molecule has 2 aromatic carbocycles. The first-order valence-electron chi connectivity index (χ1n) is 7.77. The first-order valence-corrected chi connectivity index (χ1v) is 8.18. The van der Waals surface area contributed by atoms with Crippen molar-refractivity contribution in [1.82, 2.24) is 5.32 Å². The number of alkyl halides is 3. The van der Waals surface area contributed by atoms with E-state index in [9.17, 15) is 13.2 Å². The third-order valence-corrected chi connectivity index (χ3v) is 3.71. The van der Waals surface area contributed by atoms with Crippen molar-refractivity contribution in [3.05, 3.63) is 59.7 Å². The highest BCUT2D eigenvalue weighted by Crippen LogP contribution is 2.30. The van der Waals surface area contributed by atoms with Crippen LogP contribution in [0.3, 0.4) is 0 Å². The number of hydrogen-bond acceptors (Lipinski definition) is 2. The molecule has 0 bridgehead atoms. The Morgan fingerprint density at radius 1 is 1.16 bits per heavy atom. The normalized spacial score (nSPS) is 12.4. The van der Waals surface area contributed by atoms with E-state index in [0.717, 1.165) is 23.4 Å². The molecule has 0 aliphatic carbocycles. The van der Waals surface area contributed by atoms with E-state index in [-0.39, 0.29) is 16.8 Å². The summed E-state index contributed by atoms with van der Waals surface area (Å²) < 4.78 is 43.6. The molecule has 2 N–H and O–H groups in total. The van der Waals surface area contributed by atoms with Gasteiger partial charge in [-0.05, 0) is 62.0 Å². The van der Waals surface area contributed by atoms with Crippen molar-refractivity contribution in [2.45, 2.75) is 26.1 Å². The maximum Gasteiger partial charge on any atom is 0.416 e. The largest absolute Gasteiger partial charge is 0.494 e. The number of nitrogens with one attached hydrogen (secondary N) is 2. The van der Waals surface area contributed by atoms with E-state index in [4.69, 9.17) is 17.0 Å². The fourth-order valence-corrected chi connectivity index (χ4v) is 2.53. The van der Waals surface area contributed by atoms with Crippen molar-refractivity contribution in [2.24, 2.45) is 0 Å². The van der Waals surface area contributed by atoms with Crippen molar-refractivity contribution in [3.8, 4) is 5.75 Å². The Hall–Kier alpha value is -2.28. The molecule has 0 saturated carbocycles. The van der Waals surface area contributed by atoms with Gasteiger partial charge in [0.2, 0.25) is 0 Å². The molecule has 134 valence electrons. The highest BCUT2D eigenvalue weighted by Gasteiger charge is 2.30. The minimum absolute atomic E-state index is 0.110. The van der Waals surface area contributed by atoms with Gasteiger partial charge in [0, 0.05) is 5.69 Å². The molecule has 0 aromatic heterocycles. The molecule has 0 aliphatic rings. The van der Waals surface area contributed by atoms with Gasteiger partial charge in [-0.2, -0.15) is 13.2 Å². The molecule has 0 fully saturated rings. The molecule has 25 heavy (non-hydrogen) atoms. The van der Waals surface area contributed by atoms with Crippen LogP contribution < -0.4 is 15.4 Å². The van der Waals surface area contributed by atoms with Crippen LogP contribution in [0.15, 0.2) is 48.5 Å². The van der Waals surface area contributed by atoms with E-state index < -0.39 is 11.7 Å². The van der Waals surface area contributed by atoms with Crippen LogP contribution in [-0.2, 0) is 6.18 Å². The van der Waals surface area contributed by atoms with Crippen molar-refractivity contribution in [3.63, 3.8) is 0 Å². The standard InChI is InChI=1S/C18H19F3N2OS/c1-3-24-16-9-7-13(8-10-16)12(2)22-17(25)23-15-6-4-5-14(11-15)18(19,20)21/h4-12H,3H2,1-2H3,(H2,22,23,25)/t12-/m0/s1. The van der Waals surface area contributed by atoms with Gasteiger partial charge in [0.15, 0.2) is 5.11 Å². The summed E-state index contributed by atoms with van der Waals surface area (Å²) in [5.41, 5.74) is 0.544. The zero-order valence-electron chi connectivity index (χ0n) is 13.9. The number of halogens is 3. The summed E-state index contributed by atoms with van der Waals surface area (Å²) in [4.78, 5) is 0. The van der Waals surface area contributed by atoms with Crippen LogP contribution >= 0.6 is 12.2 Å². The van der Waals surface area contributed by atoms with Crippen molar-refractivity contribution in [2.75, 3.05) is 11.9 Å². The maximum atomic E-state index is 12.7. The fraction of sp³-hybridized carbons (Fsp3) is 0.278. The van der Waals surface area contributed by atoms with Crippen LogP contribution in [0.2, 0.25) is 0 Å². The Balaban J connectivity index is 1.97. The Morgan fingerprint density at radius 3 is 2.44 bits per heavy atom. The molecule has 0 unspecified atom stereocenters. The molecule has 0 aliphatic heterocycles. The van der Waals surface area contributed by atoms with Gasteiger partial charge in [0.05, 0.1) is 18.2 Å². The summed E-state index contributed by atoms with van der Waals surface area (Å²) in [7, 11) is 0. The fourth-order valence-electron chi connectivity index (χ4n) is 2.24. The van der Waals surface area contributed by atoms with Gasteiger partial charge in [-0.3, -0.25) is 0 Å². The lowest BCUT2D eigenvalue weighted by Crippen LogP contribution is -2.31. The highest BCUT2D eigenvalue weighted by molar-refractivity contribution is 7.80. The lowest BCUT2D eigenvalue weighted by Gasteiger charge is -2.18. The predicted octanol–water partition coefficient (Wildman–Crippen LogP) is 5.15. The Morgan fingerprint density at radius 2 is 1.84 bits per heavy atom. The van der Waals surface area contributed by atoms with Gasteiger partial charge in [0.25, 0.3) is 0 Å². The van der Waals surface area contributed by atoms with Crippen LogP contribution in [-0.4, -0.2) is 11.7 Å². The third kappa shape index (κ3) is 5.63. The minimum atomic E-state index is -4.39. The third-order valence-electron chi connectivity index (χ3n) is 3.49. The second kappa shape index (κ2) is 8.20. The monoisotopic (exact) mass is 368 g/mol. The molecule has 1 atom stereocenters. The Kier molecular flexibility index (Phi) is 6.25. The molecule has 2 rings (SSSR count). The van der Waals surface area contributed by atoms with E-state index in [1.54, 1.807) is 0 Å². The number of anilines is 1. The van der Waals surface area contributed by atoms with E-state index in [0.29, 0.717) is 6.61 Å². The van der Waals surface area contributed by atoms with Gasteiger partial charge in [-0.1, -0.05) is 18.2 Å². The molecule has 0 heterocycles. The lowest BCUT2D eigenvalue weighted by atomic mass is 10.1. The summed E-state index contributed by atoms with van der Waals surface area (Å²) >= 11 is 5.19. The van der Waals surface area contributed by atoms with Gasteiger partial charge in [0.1, 0.15) is 5.75 Å². The van der Waals surface area contributed by atoms with Crippen LogP contribution in [0, 0.1) is 0 Å². The summed E-state index contributed by atoms with van der Waals surface area (Å²) in [6, 6.07) is 12.3. The van der Waals surface area contributed by atoms with Gasteiger partial charge in [-0.15, -0.1) is 0 Å². The second-order valence-electron chi connectivity index (χ2n) is 5.40. The molecule has 0 saturated heterocycles. The summed E-state index contributed by atoms with van der Waals surface area (Å²) in [5, 5.41) is 6.09. The SMILES string of the molecule is CCOc1ccc([C@H](C)NC(=S)Nc2cccc(C(F)(F)F)c2)cc1. The van der Waals surface area contributed by atoms with E-state index in [1.807, 2.05) is 38.1 Å². The smallest absolute Gasteiger partial charge is 0.416 e. The second-order valence-corrected chi connectivity index (χ2v) is 5.81. The van der Waals surface area contributed by atoms with Crippen molar-refractivity contribution >= 4 is 23.0 Å². The van der Waals surface area contributed by atoms with Crippen LogP contribution in [0.25, 0.3) is 0 Å². The zero-order valence-corrected chi connectivity index (χ0v) is 14.7. The predicted molar refractivity (Wildman–Crippen MR) is 96.8 cm³/mol. The average molecular weight is 368 g/mol. The van der Waals surface area contributed by atoms with Crippen LogP contribution in [0.5, 0.6) is 5.75 Å². The molecular weight excluding hydrogens is 349 g/mol. The summed E-state index contributed by atoms with van der Waals surface area (Å²) in [6.07, 6.45) is -4.39. The van der Waals surface area contributed by atoms with Crippen molar-refractivity contribution < 1.29 is 17.9 Å². The molecule has 0 amide bonds. The molecule has 7 heteroatoms.